The molecule has 7 nitrogen and oxygen atoms in total. The van der Waals surface area contributed by atoms with Gasteiger partial charge in [0.2, 0.25) is 0 Å². The molecule has 1 heterocycles. The van der Waals surface area contributed by atoms with Gasteiger partial charge in [-0.2, -0.15) is 0 Å². The highest BCUT2D eigenvalue weighted by atomic mass is 16.7. The molecule has 4 atom stereocenters. The van der Waals surface area contributed by atoms with Crippen LogP contribution >= 0.6 is 0 Å². The monoisotopic (exact) mass is 206 g/mol. The van der Waals surface area contributed by atoms with E-state index < -0.39 is 30.6 Å². The topological polar surface area (TPSA) is 114 Å². The zero-order valence-corrected chi connectivity index (χ0v) is 7.71. The zero-order chi connectivity index (χ0) is 10.7. The van der Waals surface area contributed by atoms with Gasteiger partial charge in [0.1, 0.15) is 12.2 Å². The maximum Gasteiger partial charge on any atom is 0.312 e. The van der Waals surface area contributed by atoms with Crippen molar-refractivity contribution in [3.63, 3.8) is 0 Å². The quantitative estimate of drug-likeness (QED) is 0.416. The van der Waals surface area contributed by atoms with Gasteiger partial charge in [-0.25, -0.2) is 4.79 Å². The van der Waals surface area contributed by atoms with Crippen LogP contribution in [0.1, 0.15) is 0 Å². The van der Waals surface area contributed by atoms with E-state index in [1.54, 1.807) is 0 Å². The lowest BCUT2D eigenvalue weighted by Crippen LogP contribution is -2.50. The lowest BCUT2D eigenvalue weighted by atomic mass is 10.1. The van der Waals surface area contributed by atoms with Crippen molar-refractivity contribution in [1.82, 2.24) is 5.32 Å². The van der Waals surface area contributed by atoms with Gasteiger partial charge in [0.05, 0.1) is 12.6 Å². The Morgan fingerprint density at radius 2 is 2.36 bits per heavy atom. The van der Waals surface area contributed by atoms with Gasteiger partial charge < -0.3 is 30.7 Å². The predicted molar refractivity (Wildman–Crippen MR) is 45.3 cm³/mol. The number of hydrogen-bond donors (Lipinski definition) is 4. The molecule has 0 aromatic carbocycles. The molecule has 0 saturated carbocycles. The Morgan fingerprint density at radius 1 is 1.71 bits per heavy atom. The molecule has 1 fully saturated rings. The van der Waals surface area contributed by atoms with E-state index in [0.717, 1.165) is 0 Å². The molecule has 5 N–H and O–H groups in total. The summed E-state index contributed by atoms with van der Waals surface area (Å²) in [7, 11) is 1.36. The molecule has 0 aliphatic carbocycles. The summed E-state index contributed by atoms with van der Waals surface area (Å²) in [5, 5.41) is 20.7. The Balaban J connectivity index is 2.64. The molecule has 0 unspecified atom stereocenters. The van der Waals surface area contributed by atoms with Crippen molar-refractivity contribution in [3.8, 4) is 0 Å². The van der Waals surface area contributed by atoms with Gasteiger partial charge in [0.15, 0.2) is 6.29 Å². The van der Waals surface area contributed by atoms with E-state index in [1.165, 1.54) is 7.11 Å². The van der Waals surface area contributed by atoms with E-state index in [9.17, 15) is 9.90 Å². The number of carbonyl (C=O) groups excluding carboxylic acids is 1. The average molecular weight is 206 g/mol. The molecule has 14 heavy (non-hydrogen) atoms. The smallest absolute Gasteiger partial charge is 0.312 e. The van der Waals surface area contributed by atoms with Crippen LogP contribution in [0.3, 0.4) is 0 Å². The van der Waals surface area contributed by atoms with E-state index in [2.05, 4.69) is 5.32 Å². The maximum atomic E-state index is 10.6. The number of aliphatic hydroxyl groups excluding tert-OH is 2. The van der Waals surface area contributed by atoms with Crippen LogP contribution in [0.15, 0.2) is 0 Å². The number of ether oxygens (including phenoxy) is 2. The van der Waals surface area contributed by atoms with Crippen molar-refractivity contribution in [1.29, 1.82) is 0 Å². The highest BCUT2D eigenvalue weighted by molar-refractivity contribution is 5.72. The first-order valence-corrected chi connectivity index (χ1v) is 4.13. The van der Waals surface area contributed by atoms with Crippen molar-refractivity contribution >= 4 is 6.03 Å². The first-order chi connectivity index (χ1) is 6.60. The van der Waals surface area contributed by atoms with E-state index in [1.807, 2.05) is 0 Å². The minimum atomic E-state index is -1.04. The van der Waals surface area contributed by atoms with Gasteiger partial charge in [-0.05, 0) is 0 Å². The van der Waals surface area contributed by atoms with Crippen molar-refractivity contribution in [2.75, 3.05) is 13.7 Å². The summed E-state index contributed by atoms with van der Waals surface area (Å²) in [6.45, 7) is -0.331. The van der Waals surface area contributed by atoms with Crippen LogP contribution in [0, 0.1) is 0 Å². The normalized spacial score (nSPS) is 37.1. The number of urea groups is 1. The molecular weight excluding hydrogens is 192 g/mol. The highest BCUT2D eigenvalue weighted by Crippen LogP contribution is 2.21. The van der Waals surface area contributed by atoms with Crippen molar-refractivity contribution in [3.05, 3.63) is 0 Å². The number of rotatable bonds is 3. The fourth-order valence-electron chi connectivity index (χ4n) is 1.42. The molecule has 0 spiro atoms. The number of primary amides is 1. The second-order valence-corrected chi connectivity index (χ2v) is 2.99. The molecule has 1 aliphatic heterocycles. The summed E-state index contributed by atoms with van der Waals surface area (Å²) in [6, 6.07) is -1.53. The Morgan fingerprint density at radius 3 is 2.79 bits per heavy atom. The standard InChI is InChI=1S/C7H14N2O5/c1-13-6-5(11)4(9-7(8)12)3(2-10)14-6/h3-6,10-11H,2H2,1H3,(H3,8,9,12)/t3-,4+,5-,6+/m0/s1. The number of amides is 2. The molecule has 1 rings (SSSR count). The van der Waals surface area contributed by atoms with Gasteiger partial charge in [0.25, 0.3) is 0 Å². The van der Waals surface area contributed by atoms with Crippen LogP contribution in [0.2, 0.25) is 0 Å². The third-order valence-electron chi connectivity index (χ3n) is 2.08. The fraction of sp³-hybridized carbons (Fsp3) is 0.857. The van der Waals surface area contributed by atoms with Gasteiger partial charge >= 0.3 is 6.03 Å². The molecule has 2 amide bonds. The molecule has 1 saturated heterocycles. The van der Waals surface area contributed by atoms with Crippen molar-refractivity contribution < 1.29 is 24.5 Å². The molecule has 0 aromatic heterocycles. The zero-order valence-electron chi connectivity index (χ0n) is 7.71. The Hall–Kier alpha value is -0.890. The lowest BCUT2D eigenvalue weighted by Gasteiger charge is -2.18. The van der Waals surface area contributed by atoms with Gasteiger partial charge in [-0.3, -0.25) is 0 Å². The third-order valence-corrected chi connectivity index (χ3v) is 2.08. The molecule has 7 heteroatoms. The van der Waals surface area contributed by atoms with Crippen LogP contribution in [0.5, 0.6) is 0 Å². The molecule has 82 valence electrons. The minimum absolute atomic E-state index is 0.331. The van der Waals surface area contributed by atoms with Crippen LogP contribution in [-0.4, -0.2) is 54.5 Å². The third kappa shape index (κ3) is 2.13. The summed E-state index contributed by atoms with van der Waals surface area (Å²) >= 11 is 0. The number of nitrogens with two attached hydrogens (primary N) is 1. The van der Waals surface area contributed by atoms with Gasteiger partial charge in [0, 0.05) is 7.11 Å². The molecule has 1 aliphatic rings. The Bertz CT molecular complexity index is 210. The van der Waals surface area contributed by atoms with E-state index in [4.69, 9.17) is 20.3 Å². The first-order valence-electron chi connectivity index (χ1n) is 4.13. The van der Waals surface area contributed by atoms with E-state index in [0.29, 0.717) is 0 Å². The van der Waals surface area contributed by atoms with Crippen LogP contribution in [0.4, 0.5) is 4.79 Å². The van der Waals surface area contributed by atoms with Gasteiger partial charge in [-0.15, -0.1) is 0 Å². The van der Waals surface area contributed by atoms with Crippen LogP contribution in [-0.2, 0) is 9.47 Å². The summed E-state index contributed by atoms with van der Waals surface area (Å²) < 4.78 is 9.88. The first kappa shape index (κ1) is 11.2. The van der Waals surface area contributed by atoms with E-state index >= 15 is 0 Å². The second kappa shape index (κ2) is 4.56. The summed E-state index contributed by atoms with van der Waals surface area (Å²) in [5.74, 6) is 0. The molecule has 0 bridgehead atoms. The Kier molecular flexibility index (Phi) is 3.64. The average Bonchev–Trinajstić information content (AvgIpc) is 2.43. The number of nitrogens with one attached hydrogen (secondary N) is 1. The minimum Gasteiger partial charge on any atom is -0.394 e. The van der Waals surface area contributed by atoms with Crippen LogP contribution < -0.4 is 11.1 Å². The number of aliphatic hydroxyl groups is 2. The summed E-state index contributed by atoms with van der Waals surface area (Å²) in [4.78, 5) is 10.6. The maximum absolute atomic E-state index is 10.6. The molecule has 0 radical (unpaired) electrons. The largest absolute Gasteiger partial charge is 0.394 e. The number of hydrogen-bond acceptors (Lipinski definition) is 5. The SMILES string of the molecule is CO[C@@H]1O[C@@H](CO)[C@@H](NC(N)=O)[C@@H]1O. The highest BCUT2D eigenvalue weighted by Gasteiger charge is 2.44. The summed E-state index contributed by atoms with van der Waals surface area (Å²) in [6.07, 6.45) is -2.60. The summed E-state index contributed by atoms with van der Waals surface area (Å²) in [5.41, 5.74) is 4.90. The predicted octanol–water partition coefficient (Wildman–Crippen LogP) is -2.25. The lowest BCUT2D eigenvalue weighted by molar-refractivity contribution is -0.153. The Labute approximate surface area is 80.8 Å². The van der Waals surface area contributed by atoms with Crippen LogP contribution in [0.25, 0.3) is 0 Å². The number of methoxy groups -OCH3 is 1. The van der Waals surface area contributed by atoms with Crippen molar-refractivity contribution in [2.24, 2.45) is 5.73 Å². The second-order valence-electron chi connectivity index (χ2n) is 2.99. The number of carbonyl (C=O) groups is 1. The molecule has 0 aromatic rings. The molecular formula is C7H14N2O5. The van der Waals surface area contributed by atoms with Crippen molar-refractivity contribution in [2.45, 2.75) is 24.5 Å². The van der Waals surface area contributed by atoms with E-state index in [-0.39, 0.29) is 6.61 Å². The fourth-order valence-corrected chi connectivity index (χ4v) is 1.42. The van der Waals surface area contributed by atoms with Gasteiger partial charge in [-0.1, -0.05) is 0 Å².